The predicted octanol–water partition coefficient (Wildman–Crippen LogP) is 0.362. The molecule has 19 heavy (non-hydrogen) atoms. The smallest absolute Gasteiger partial charge is 0.171 e. The van der Waals surface area contributed by atoms with Crippen molar-refractivity contribution in [2.45, 2.75) is 12.6 Å². The summed E-state index contributed by atoms with van der Waals surface area (Å²) in [5.41, 5.74) is 6.87. The topological polar surface area (TPSA) is 106 Å². The minimum absolute atomic E-state index is 0.203. The van der Waals surface area contributed by atoms with E-state index < -0.39 is 6.04 Å². The van der Waals surface area contributed by atoms with Gasteiger partial charge in [-0.25, -0.2) is 4.98 Å². The van der Waals surface area contributed by atoms with Crippen molar-refractivity contribution in [2.75, 3.05) is 14.2 Å². The van der Waals surface area contributed by atoms with Gasteiger partial charge in [-0.1, -0.05) is 6.07 Å². The van der Waals surface area contributed by atoms with Gasteiger partial charge in [0, 0.05) is 0 Å². The predicted molar refractivity (Wildman–Crippen MR) is 67.9 cm³/mol. The van der Waals surface area contributed by atoms with Crippen LogP contribution in [0.1, 0.15) is 23.3 Å². The summed E-state index contributed by atoms with van der Waals surface area (Å²) in [4.78, 5) is 4.09. The summed E-state index contributed by atoms with van der Waals surface area (Å²) in [5.74, 6) is 2.01. The molecule has 0 aliphatic heterocycles. The standard InChI is InChI=1S/C12H16N4O3/c1-18-8-4-3-7(5-9(8)19-2)11(13)12-14-10(6-17)15-16-12/h3-5,11,17H,6,13H2,1-2H3,(H,14,15,16)/t11-/m0/s1. The fraction of sp³-hybridized carbons (Fsp3) is 0.333. The van der Waals surface area contributed by atoms with Gasteiger partial charge in [-0.15, -0.1) is 0 Å². The average molecular weight is 264 g/mol. The SMILES string of the molecule is COc1ccc([C@H](N)c2n[nH]c(CO)n2)cc1OC. The number of nitrogens with zero attached hydrogens (tertiary/aromatic N) is 2. The van der Waals surface area contributed by atoms with Crippen molar-refractivity contribution < 1.29 is 14.6 Å². The van der Waals surface area contributed by atoms with Crippen LogP contribution < -0.4 is 15.2 Å². The van der Waals surface area contributed by atoms with E-state index in [1.807, 2.05) is 6.07 Å². The number of methoxy groups -OCH3 is 2. The maximum Gasteiger partial charge on any atom is 0.171 e. The van der Waals surface area contributed by atoms with Crippen LogP contribution in [0.25, 0.3) is 0 Å². The van der Waals surface area contributed by atoms with Crippen molar-refractivity contribution in [3.8, 4) is 11.5 Å². The number of aromatic amines is 1. The van der Waals surface area contributed by atoms with Crippen LogP contribution >= 0.6 is 0 Å². The fourth-order valence-corrected chi connectivity index (χ4v) is 1.72. The van der Waals surface area contributed by atoms with Gasteiger partial charge in [-0.2, -0.15) is 5.10 Å². The summed E-state index contributed by atoms with van der Waals surface area (Å²) >= 11 is 0. The molecule has 2 aromatic rings. The third-order valence-corrected chi connectivity index (χ3v) is 2.74. The van der Waals surface area contributed by atoms with E-state index in [4.69, 9.17) is 20.3 Å². The van der Waals surface area contributed by atoms with E-state index in [-0.39, 0.29) is 6.61 Å². The second-order valence-electron chi connectivity index (χ2n) is 3.89. The molecule has 4 N–H and O–H groups in total. The van der Waals surface area contributed by atoms with Crippen LogP contribution in [-0.4, -0.2) is 34.5 Å². The first-order valence-corrected chi connectivity index (χ1v) is 5.69. The molecule has 1 aromatic heterocycles. The lowest BCUT2D eigenvalue weighted by atomic mass is 10.1. The van der Waals surface area contributed by atoms with Gasteiger partial charge in [-0.05, 0) is 17.7 Å². The molecule has 0 aliphatic carbocycles. The van der Waals surface area contributed by atoms with E-state index in [9.17, 15) is 0 Å². The molecule has 0 saturated carbocycles. The number of H-pyrrole nitrogens is 1. The monoisotopic (exact) mass is 264 g/mol. The zero-order valence-corrected chi connectivity index (χ0v) is 10.8. The number of aliphatic hydroxyl groups is 1. The molecule has 1 aromatic carbocycles. The van der Waals surface area contributed by atoms with Crippen molar-refractivity contribution in [2.24, 2.45) is 5.73 Å². The Morgan fingerprint density at radius 2 is 2.05 bits per heavy atom. The number of hydrogen-bond acceptors (Lipinski definition) is 6. The van der Waals surface area contributed by atoms with Gasteiger partial charge in [0.15, 0.2) is 17.3 Å². The third-order valence-electron chi connectivity index (χ3n) is 2.74. The number of aromatic nitrogens is 3. The van der Waals surface area contributed by atoms with Crippen LogP contribution in [0, 0.1) is 0 Å². The van der Waals surface area contributed by atoms with E-state index in [1.165, 1.54) is 0 Å². The van der Waals surface area contributed by atoms with Gasteiger partial charge in [0.05, 0.1) is 20.3 Å². The molecule has 102 valence electrons. The Bertz CT molecular complexity index is 556. The zero-order valence-electron chi connectivity index (χ0n) is 10.8. The molecule has 0 spiro atoms. The number of nitrogens with one attached hydrogen (secondary N) is 1. The molecule has 0 bridgehead atoms. The largest absolute Gasteiger partial charge is 0.493 e. The molecule has 1 heterocycles. The van der Waals surface area contributed by atoms with Gasteiger partial charge in [0.25, 0.3) is 0 Å². The molecule has 2 rings (SSSR count). The highest BCUT2D eigenvalue weighted by molar-refractivity contribution is 5.44. The summed E-state index contributed by atoms with van der Waals surface area (Å²) in [6, 6.07) is 4.86. The first-order valence-electron chi connectivity index (χ1n) is 5.69. The van der Waals surface area contributed by atoms with E-state index in [0.29, 0.717) is 23.1 Å². The maximum atomic E-state index is 8.94. The maximum absolute atomic E-state index is 8.94. The van der Waals surface area contributed by atoms with Gasteiger partial charge >= 0.3 is 0 Å². The first kappa shape index (κ1) is 13.3. The van der Waals surface area contributed by atoms with E-state index in [1.54, 1.807) is 26.4 Å². The Hall–Kier alpha value is -2.12. The van der Waals surface area contributed by atoms with Crippen LogP contribution in [0.15, 0.2) is 18.2 Å². The fourth-order valence-electron chi connectivity index (χ4n) is 1.72. The summed E-state index contributed by atoms with van der Waals surface area (Å²) in [6.45, 7) is -0.203. The normalized spacial score (nSPS) is 12.2. The average Bonchev–Trinajstić information content (AvgIpc) is 2.94. The van der Waals surface area contributed by atoms with Crippen molar-refractivity contribution in [1.82, 2.24) is 15.2 Å². The van der Waals surface area contributed by atoms with Crippen molar-refractivity contribution in [3.05, 3.63) is 35.4 Å². The van der Waals surface area contributed by atoms with Crippen LogP contribution in [0.2, 0.25) is 0 Å². The second kappa shape index (κ2) is 5.68. The highest BCUT2D eigenvalue weighted by Gasteiger charge is 2.16. The Morgan fingerprint density at radius 3 is 2.63 bits per heavy atom. The molecule has 0 amide bonds. The molecule has 1 atom stereocenters. The summed E-state index contributed by atoms with van der Waals surface area (Å²) in [6.07, 6.45) is 0. The van der Waals surface area contributed by atoms with Crippen LogP contribution in [0.3, 0.4) is 0 Å². The number of rotatable bonds is 5. The van der Waals surface area contributed by atoms with Gasteiger partial charge < -0.3 is 20.3 Å². The molecule has 0 radical (unpaired) electrons. The highest BCUT2D eigenvalue weighted by atomic mass is 16.5. The summed E-state index contributed by atoms with van der Waals surface area (Å²) < 4.78 is 10.4. The van der Waals surface area contributed by atoms with Crippen LogP contribution in [0.4, 0.5) is 0 Å². The van der Waals surface area contributed by atoms with Crippen molar-refractivity contribution in [1.29, 1.82) is 0 Å². The second-order valence-corrected chi connectivity index (χ2v) is 3.89. The molecular formula is C12H16N4O3. The quantitative estimate of drug-likeness (QED) is 0.720. The zero-order chi connectivity index (χ0) is 13.8. The van der Waals surface area contributed by atoms with E-state index in [0.717, 1.165) is 5.56 Å². The molecule has 0 fully saturated rings. The van der Waals surface area contributed by atoms with E-state index >= 15 is 0 Å². The number of nitrogens with two attached hydrogens (primary N) is 1. The van der Waals surface area contributed by atoms with Crippen molar-refractivity contribution >= 4 is 0 Å². The molecule has 0 saturated heterocycles. The van der Waals surface area contributed by atoms with Crippen LogP contribution in [-0.2, 0) is 6.61 Å². The number of aliphatic hydroxyl groups excluding tert-OH is 1. The molecule has 7 nitrogen and oxygen atoms in total. The molecule has 7 heteroatoms. The first-order chi connectivity index (χ1) is 9.19. The Kier molecular flexibility index (Phi) is 3.98. The highest BCUT2D eigenvalue weighted by Crippen LogP contribution is 2.30. The lowest BCUT2D eigenvalue weighted by Gasteiger charge is -2.12. The summed E-state index contributed by atoms with van der Waals surface area (Å²) in [5, 5.41) is 15.5. The molecule has 0 aliphatic rings. The van der Waals surface area contributed by atoms with Gasteiger partial charge in [0.2, 0.25) is 0 Å². The van der Waals surface area contributed by atoms with Crippen molar-refractivity contribution in [3.63, 3.8) is 0 Å². The summed E-state index contributed by atoms with van der Waals surface area (Å²) in [7, 11) is 3.13. The molecule has 0 unspecified atom stereocenters. The number of hydrogen-bond donors (Lipinski definition) is 3. The van der Waals surface area contributed by atoms with Gasteiger partial charge in [0.1, 0.15) is 12.4 Å². The number of ether oxygens (including phenoxy) is 2. The van der Waals surface area contributed by atoms with Gasteiger partial charge in [-0.3, -0.25) is 5.10 Å². The van der Waals surface area contributed by atoms with Crippen LogP contribution in [0.5, 0.6) is 11.5 Å². The lowest BCUT2D eigenvalue weighted by molar-refractivity contribution is 0.271. The minimum Gasteiger partial charge on any atom is -0.493 e. The molecular weight excluding hydrogens is 248 g/mol. The lowest BCUT2D eigenvalue weighted by Crippen LogP contribution is -2.14. The Labute approximate surface area is 110 Å². The third kappa shape index (κ3) is 2.67. The number of benzene rings is 1. The Balaban J connectivity index is 2.30. The minimum atomic E-state index is -0.503. The Morgan fingerprint density at radius 1 is 1.32 bits per heavy atom. The van der Waals surface area contributed by atoms with E-state index in [2.05, 4.69) is 15.2 Å².